The second kappa shape index (κ2) is 9.35. The third kappa shape index (κ3) is 4.47. The van der Waals surface area contributed by atoms with Crippen LogP contribution in [0.2, 0.25) is 0 Å². The second-order valence-electron chi connectivity index (χ2n) is 8.27. The maximum Gasteiger partial charge on any atom is 0.265 e. The van der Waals surface area contributed by atoms with Crippen molar-refractivity contribution in [2.75, 3.05) is 37.0 Å². The quantitative estimate of drug-likeness (QED) is 0.652. The number of amides is 1. The molecular weight excluding hydrogens is 398 g/mol. The van der Waals surface area contributed by atoms with Crippen LogP contribution in [-0.2, 0) is 14.8 Å². The van der Waals surface area contributed by atoms with Crippen molar-refractivity contribution in [1.82, 2.24) is 10.2 Å². The Kier molecular flexibility index (Phi) is 6.58. The number of sulfonamides is 1. The minimum absolute atomic E-state index is 0.00168. The molecule has 6 nitrogen and oxygen atoms in total. The topological polar surface area (TPSA) is 69.7 Å². The van der Waals surface area contributed by atoms with E-state index in [1.807, 2.05) is 24.3 Å². The Morgan fingerprint density at radius 1 is 0.933 bits per heavy atom. The van der Waals surface area contributed by atoms with Crippen LogP contribution in [0.25, 0.3) is 10.8 Å². The van der Waals surface area contributed by atoms with Gasteiger partial charge >= 0.3 is 0 Å². The van der Waals surface area contributed by atoms with Crippen LogP contribution in [0, 0.1) is 0 Å². The summed E-state index contributed by atoms with van der Waals surface area (Å²) in [5, 5.41) is 4.71. The SMILES string of the molecule is O=C(CCCN1c2cccc3cccc(c23)S1(=O)=O)NCCCN1CCCCCC1. The Balaban J connectivity index is 1.24. The minimum atomic E-state index is -3.54. The number of hydrogen-bond acceptors (Lipinski definition) is 4. The van der Waals surface area contributed by atoms with E-state index in [9.17, 15) is 13.2 Å². The number of nitrogens with one attached hydrogen (secondary N) is 1. The lowest BCUT2D eigenvalue weighted by Gasteiger charge is -2.20. The molecule has 1 amide bonds. The molecule has 0 spiro atoms. The molecule has 4 rings (SSSR count). The van der Waals surface area contributed by atoms with E-state index in [1.54, 1.807) is 12.1 Å². The molecule has 0 radical (unpaired) electrons. The average molecular weight is 430 g/mol. The Hall–Kier alpha value is -2.12. The van der Waals surface area contributed by atoms with Gasteiger partial charge in [-0.05, 0) is 62.8 Å². The first-order chi connectivity index (χ1) is 14.6. The highest BCUT2D eigenvalue weighted by atomic mass is 32.2. The fourth-order valence-corrected chi connectivity index (χ4v) is 6.31. The fraction of sp³-hybridized carbons (Fsp3) is 0.522. The second-order valence-corrected chi connectivity index (χ2v) is 10.1. The summed E-state index contributed by atoms with van der Waals surface area (Å²) >= 11 is 0. The number of anilines is 1. The van der Waals surface area contributed by atoms with Gasteiger partial charge in [0, 0.05) is 24.9 Å². The zero-order chi connectivity index (χ0) is 21.0. The largest absolute Gasteiger partial charge is 0.356 e. The first-order valence-corrected chi connectivity index (χ1v) is 12.5. The molecular formula is C23H31N3O3S. The first kappa shape index (κ1) is 21.1. The number of hydrogen-bond donors (Lipinski definition) is 1. The molecule has 2 heterocycles. The molecule has 1 N–H and O–H groups in total. The lowest BCUT2D eigenvalue weighted by Crippen LogP contribution is -2.32. The van der Waals surface area contributed by atoms with Crippen molar-refractivity contribution in [3.63, 3.8) is 0 Å². The summed E-state index contributed by atoms with van der Waals surface area (Å²) in [6.45, 7) is 4.38. The summed E-state index contributed by atoms with van der Waals surface area (Å²) in [7, 11) is -3.54. The van der Waals surface area contributed by atoms with E-state index in [0.717, 1.165) is 29.4 Å². The van der Waals surface area contributed by atoms with E-state index in [4.69, 9.17) is 0 Å². The van der Waals surface area contributed by atoms with Gasteiger partial charge in [0.25, 0.3) is 10.0 Å². The van der Waals surface area contributed by atoms with Crippen molar-refractivity contribution in [2.24, 2.45) is 0 Å². The van der Waals surface area contributed by atoms with Gasteiger partial charge in [-0.1, -0.05) is 37.1 Å². The van der Waals surface area contributed by atoms with Crippen molar-refractivity contribution < 1.29 is 13.2 Å². The van der Waals surface area contributed by atoms with Crippen LogP contribution in [-0.4, -0.2) is 51.9 Å². The maximum atomic E-state index is 12.9. The lowest BCUT2D eigenvalue weighted by molar-refractivity contribution is -0.121. The number of carbonyl (C=O) groups is 1. The highest BCUT2D eigenvalue weighted by Gasteiger charge is 2.34. The molecule has 1 saturated heterocycles. The van der Waals surface area contributed by atoms with Gasteiger partial charge in [-0.15, -0.1) is 0 Å². The highest BCUT2D eigenvalue weighted by Crippen LogP contribution is 2.41. The summed E-state index contributed by atoms with van der Waals surface area (Å²) in [5.74, 6) is -0.00168. The van der Waals surface area contributed by atoms with Crippen molar-refractivity contribution in [3.05, 3.63) is 36.4 Å². The van der Waals surface area contributed by atoms with Crippen LogP contribution < -0.4 is 9.62 Å². The molecule has 2 aromatic carbocycles. The van der Waals surface area contributed by atoms with Crippen molar-refractivity contribution in [3.8, 4) is 0 Å². The number of benzene rings is 2. The van der Waals surface area contributed by atoms with E-state index >= 15 is 0 Å². The van der Waals surface area contributed by atoms with Crippen LogP contribution in [0.5, 0.6) is 0 Å². The summed E-state index contributed by atoms with van der Waals surface area (Å²) in [5.41, 5.74) is 0.723. The summed E-state index contributed by atoms with van der Waals surface area (Å²) < 4.78 is 27.3. The van der Waals surface area contributed by atoms with Gasteiger partial charge in [-0.25, -0.2) is 8.42 Å². The van der Waals surface area contributed by atoms with Gasteiger partial charge < -0.3 is 10.2 Å². The number of carbonyl (C=O) groups excluding carboxylic acids is 1. The molecule has 7 heteroatoms. The number of rotatable bonds is 8. The normalized spacial score (nSPS) is 18.5. The van der Waals surface area contributed by atoms with E-state index in [2.05, 4.69) is 10.2 Å². The lowest BCUT2D eigenvalue weighted by atomic mass is 10.1. The van der Waals surface area contributed by atoms with Gasteiger partial charge in [-0.2, -0.15) is 0 Å². The smallest absolute Gasteiger partial charge is 0.265 e. The molecule has 2 aliphatic heterocycles. The van der Waals surface area contributed by atoms with Crippen LogP contribution >= 0.6 is 0 Å². The first-order valence-electron chi connectivity index (χ1n) is 11.1. The van der Waals surface area contributed by atoms with E-state index in [-0.39, 0.29) is 5.91 Å². The number of likely N-dealkylation sites (tertiary alicyclic amines) is 1. The van der Waals surface area contributed by atoms with Gasteiger partial charge in [0.1, 0.15) is 0 Å². The zero-order valence-electron chi connectivity index (χ0n) is 17.5. The van der Waals surface area contributed by atoms with Gasteiger partial charge in [0.2, 0.25) is 5.91 Å². The molecule has 0 unspecified atom stereocenters. The third-order valence-corrected chi connectivity index (χ3v) is 7.97. The molecule has 0 aliphatic carbocycles. The fourth-order valence-electron chi connectivity index (χ4n) is 4.56. The number of nitrogens with zero attached hydrogens (tertiary/aromatic N) is 2. The summed E-state index contributed by atoms with van der Waals surface area (Å²) in [4.78, 5) is 15.1. The third-order valence-electron chi connectivity index (χ3n) is 6.12. The Morgan fingerprint density at radius 2 is 1.67 bits per heavy atom. The van der Waals surface area contributed by atoms with Gasteiger partial charge in [0.15, 0.2) is 0 Å². The van der Waals surface area contributed by atoms with Crippen LogP contribution in [0.15, 0.2) is 41.3 Å². The molecule has 2 aliphatic rings. The zero-order valence-corrected chi connectivity index (χ0v) is 18.3. The van der Waals surface area contributed by atoms with E-state index in [1.165, 1.54) is 43.1 Å². The Morgan fingerprint density at radius 3 is 2.43 bits per heavy atom. The Bertz CT molecular complexity index is 993. The van der Waals surface area contributed by atoms with Crippen molar-refractivity contribution in [1.29, 1.82) is 0 Å². The molecule has 0 atom stereocenters. The molecule has 0 aromatic heterocycles. The standard InChI is InChI=1S/C23H31N3O3S/c27-22(24-14-8-17-25-15-3-1-2-4-16-25)13-7-18-26-20-11-5-9-19-10-6-12-21(23(19)20)30(26,28)29/h5-6,9-12H,1-4,7-8,13-18H2,(H,24,27). The average Bonchev–Trinajstić information content (AvgIpc) is 2.91. The van der Waals surface area contributed by atoms with Gasteiger partial charge in [-0.3, -0.25) is 9.10 Å². The van der Waals surface area contributed by atoms with Crippen LogP contribution in [0.3, 0.4) is 0 Å². The highest BCUT2D eigenvalue weighted by molar-refractivity contribution is 7.93. The summed E-state index contributed by atoms with van der Waals surface area (Å²) in [6, 6.07) is 11.0. The minimum Gasteiger partial charge on any atom is -0.356 e. The summed E-state index contributed by atoms with van der Waals surface area (Å²) in [6.07, 6.45) is 7.03. The van der Waals surface area contributed by atoms with E-state index < -0.39 is 10.0 Å². The monoisotopic (exact) mass is 429 g/mol. The predicted molar refractivity (Wildman–Crippen MR) is 120 cm³/mol. The predicted octanol–water partition coefficient (Wildman–Crippen LogP) is 3.51. The molecule has 2 aromatic rings. The Labute approximate surface area is 179 Å². The van der Waals surface area contributed by atoms with Gasteiger partial charge in [0.05, 0.1) is 10.6 Å². The van der Waals surface area contributed by atoms with Crippen LogP contribution in [0.1, 0.15) is 44.9 Å². The van der Waals surface area contributed by atoms with Crippen molar-refractivity contribution >= 4 is 32.4 Å². The van der Waals surface area contributed by atoms with E-state index in [0.29, 0.717) is 30.8 Å². The van der Waals surface area contributed by atoms with Crippen molar-refractivity contribution in [2.45, 2.75) is 49.8 Å². The molecule has 0 bridgehead atoms. The maximum absolute atomic E-state index is 12.9. The molecule has 1 fully saturated rings. The molecule has 0 saturated carbocycles. The van der Waals surface area contributed by atoms with Crippen LogP contribution in [0.4, 0.5) is 5.69 Å². The molecule has 162 valence electrons. The molecule has 30 heavy (non-hydrogen) atoms.